The highest BCUT2D eigenvalue weighted by Gasteiger charge is 2.21. The fourth-order valence-electron chi connectivity index (χ4n) is 1.90. The zero-order valence-electron chi connectivity index (χ0n) is 8.53. The number of aliphatic hydroxyl groups is 1. The predicted octanol–water partition coefficient (Wildman–Crippen LogP) is 1.17. The molecule has 3 heteroatoms. The first-order valence-electron chi connectivity index (χ1n) is 4.74. The molecule has 0 radical (unpaired) electrons. The maximum atomic E-state index is 9.85. The second-order valence-electron chi connectivity index (χ2n) is 3.78. The number of ether oxygens (including phenoxy) is 1. The summed E-state index contributed by atoms with van der Waals surface area (Å²) in [5.41, 5.74) is 2.19. The second kappa shape index (κ2) is 3.59. The molecule has 0 aliphatic carbocycles. The van der Waals surface area contributed by atoms with Gasteiger partial charge in [-0.1, -0.05) is 6.07 Å². The van der Waals surface area contributed by atoms with E-state index in [1.807, 2.05) is 25.2 Å². The summed E-state index contributed by atoms with van der Waals surface area (Å²) < 4.78 is 5.13. The van der Waals surface area contributed by atoms with Gasteiger partial charge in [-0.05, 0) is 30.3 Å². The maximum Gasteiger partial charge on any atom is 0.119 e. The van der Waals surface area contributed by atoms with Crippen LogP contribution in [0.5, 0.6) is 5.75 Å². The molecule has 0 amide bonds. The number of nitrogens with zero attached hydrogens (tertiary/aromatic N) is 1. The topological polar surface area (TPSA) is 32.7 Å². The van der Waals surface area contributed by atoms with Crippen molar-refractivity contribution in [1.29, 1.82) is 0 Å². The third kappa shape index (κ3) is 1.61. The highest BCUT2D eigenvalue weighted by atomic mass is 16.5. The lowest BCUT2D eigenvalue weighted by atomic mass is 9.97. The molecule has 0 saturated carbocycles. The first-order chi connectivity index (χ1) is 6.70. The smallest absolute Gasteiger partial charge is 0.119 e. The van der Waals surface area contributed by atoms with Crippen molar-refractivity contribution in [2.75, 3.05) is 20.7 Å². The van der Waals surface area contributed by atoms with Gasteiger partial charge >= 0.3 is 0 Å². The van der Waals surface area contributed by atoms with E-state index in [-0.39, 0.29) is 6.10 Å². The van der Waals surface area contributed by atoms with Crippen molar-refractivity contribution >= 4 is 0 Å². The minimum Gasteiger partial charge on any atom is -0.497 e. The first-order valence-corrected chi connectivity index (χ1v) is 4.74. The average Bonchev–Trinajstić information content (AvgIpc) is 2.17. The summed E-state index contributed by atoms with van der Waals surface area (Å²) >= 11 is 0. The summed E-state index contributed by atoms with van der Waals surface area (Å²) in [5.74, 6) is 0.812. The lowest BCUT2D eigenvalue weighted by Crippen LogP contribution is -2.30. The van der Waals surface area contributed by atoms with Gasteiger partial charge < -0.3 is 9.84 Å². The minimum absolute atomic E-state index is 0.390. The molecule has 1 aromatic rings. The molecule has 0 fully saturated rings. The lowest BCUT2D eigenvalue weighted by Gasteiger charge is -2.29. The van der Waals surface area contributed by atoms with E-state index in [0.717, 1.165) is 17.9 Å². The number of methoxy groups -OCH3 is 1. The molecule has 1 aliphatic rings. The van der Waals surface area contributed by atoms with Gasteiger partial charge in [0.25, 0.3) is 0 Å². The molecule has 0 saturated heterocycles. The number of aliphatic hydroxyl groups excluding tert-OH is 1. The van der Waals surface area contributed by atoms with Crippen LogP contribution in [0.2, 0.25) is 0 Å². The van der Waals surface area contributed by atoms with E-state index in [0.29, 0.717) is 6.54 Å². The summed E-state index contributed by atoms with van der Waals surface area (Å²) in [4.78, 5) is 2.11. The normalized spacial score (nSPS) is 21.8. The van der Waals surface area contributed by atoms with Crippen molar-refractivity contribution in [3.05, 3.63) is 29.3 Å². The molecule has 1 heterocycles. The predicted molar refractivity (Wildman–Crippen MR) is 54.3 cm³/mol. The first kappa shape index (κ1) is 9.49. The van der Waals surface area contributed by atoms with E-state index < -0.39 is 0 Å². The number of benzene rings is 1. The number of hydrogen-bond donors (Lipinski definition) is 1. The molecule has 1 aromatic carbocycles. The molecule has 76 valence electrons. The Morgan fingerprint density at radius 2 is 2.29 bits per heavy atom. The quantitative estimate of drug-likeness (QED) is 0.726. The largest absolute Gasteiger partial charge is 0.497 e. The standard InChI is InChI=1S/C11H15NO2/c1-12-6-8-3-4-9(14-2)5-10(8)11(13)7-12/h3-5,11,13H,6-7H2,1-2H3. The van der Waals surface area contributed by atoms with E-state index in [9.17, 15) is 5.11 Å². The SMILES string of the molecule is COc1ccc2c(c1)C(O)CN(C)C2. The van der Waals surface area contributed by atoms with Crippen LogP contribution in [0.3, 0.4) is 0 Å². The van der Waals surface area contributed by atoms with Crippen LogP contribution in [-0.4, -0.2) is 30.7 Å². The van der Waals surface area contributed by atoms with Crippen LogP contribution in [0.4, 0.5) is 0 Å². The van der Waals surface area contributed by atoms with Crippen molar-refractivity contribution in [2.24, 2.45) is 0 Å². The van der Waals surface area contributed by atoms with Crippen molar-refractivity contribution in [3.8, 4) is 5.75 Å². The summed E-state index contributed by atoms with van der Waals surface area (Å²) in [6.07, 6.45) is -0.390. The molecule has 1 aliphatic heterocycles. The van der Waals surface area contributed by atoms with E-state index >= 15 is 0 Å². The van der Waals surface area contributed by atoms with Gasteiger partial charge in [-0.3, -0.25) is 4.90 Å². The molecule has 3 nitrogen and oxygen atoms in total. The minimum atomic E-state index is -0.390. The molecule has 1 unspecified atom stereocenters. The highest BCUT2D eigenvalue weighted by molar-refractivity contribution is 5.38. The van der Waals surface area contributed by atoms with E-state index in [2.05, 4.69) is 4.90 Å². The lowest BCUT2D eigenvalue weighted by molar-refractivity contribution is 0.107. The molecule has 0 spiro atoms. The van der Waals surface area contributed by atoms with Gasteiger partial charge in [-0.15, -0.1) is 0 Å². The Kier molecular flexibility index (Phi) is 2.44. The fourth-order valence-corrected chi connectivity index (χ4v) is 1.90. The summed E-state index contributed by atoms with van der Waals surface area (Å²) in [6.45, 7) is 1.59. The number of rotatable bonds is 1. The number of β-amino-alcohol motifs (C(OH)–C–C–N with tert-alkyl or cyclic N) is 1. The Balaban J connectivity index is 2.39. The molecule has 1 N–H and O–H groups in total. The summed E-state index contributed by atoms with van der Waals surface area (Å²) in [7, 11) is 3.65. The van der Waals surface area contributed by atoms with Crippen LogP contribution in [0.1, 0.15) is 17.2 Å². The van der Waals surface area contributed by atoms with Crippen LogP contribution >= 0.6 is 0 Å². The Labute approximate surface area is 83.9 Å². The van der Waals surface area contributed by atoms with Gasteiger partial charge in [0, 0.05) is 13.1 Å². The van der Waals surface area contributed by atoms with Crippen molar-refractivity contribution in [3.63, 3.8) is 0 Å². The summed E-state index contributed by atoms with van der Waals surface area (Å²) in [5, 5.41) is 9.85. The van der Waals surface area contributed by atoms with Gasteiger partial charge in [0.15, 0.2) is 0 Å². The van der Waals surface area contributed by atoms with Gasteiger partial charge in [0.2, 0.25) is 0 Å². The summed E-state index contributed by atoms with van der Waals surface area (Å²) in [6, 6.07) is 5.88. The fraction of sp³-hybridized carbons (Fsp3) is 0.455. The van der Waals surface area contributed by atoms with Gasteiger partial charge in [-0.25, -0.2) is 0 Å². The Morgan fingerprint density at radius 3 is 3.00 bits per heavy atom. The van der Waals surface area contributed by atoms with E-state index in [1.54, 1.807) is 7.11 Å². The van der Waals surface area contributed by atoms with Crippen molar-refractivity contribution < 1.29 is 9.84 Å². The Hall–Kier alpha value is -1.06. The Morgan fingerprint density at radius 1 is 1.50 bits per heavy atom. The second-order valence-corrected chi connectivity index (χ2v) is 3.78. The van der Waals surface area contributed by atoms with Crippen LogP contribution in [0, 0.1) is 0 Å². The third-order valence-electron chi connectivity index (χ3n) is 2.64. The Bertz CT molecular complexity index is 338. The molecule has 2 rings (SSSR count). The molecular weight excluding hydrogens is 178 g/mol. The highest BCUT2D eigenvalue weighted by Crippen LogP contribution is 2.28. The van der Waals surface area contributed by atoms with E-state index in [1.165, 1.54) is 5.56 Å². The van der Waals surface area contributed by atoms with Crippen molar-refractivity contribution in [2.45, 2.75) is 12.6 Å². The zero-order valence-corrected chi connectivity index (χ0v) is 8.53. The van der Waals surface area contributed by atoms with Gasteiger partial charge in [-0.2, -0.15) is 0 Å². The molecular formula is C11H15NO2. The monoisotopic (exact) mass is 193 g/mol. The molecule has 14 heavy (non-hydrogen) atoms. The molecule has 0 aromatic heterocycles. The van der Waals surface area contributed by atoms with Gasteiger partial charge in [0.1, 0.15) is 5.75 Å². The van der Waals surface area contributed by atoms with Crippen LogP contribution in [0.25, 0.3) is 0 Å². The zero-order chi connectivity index (χ0) is 10.1. The van der Waals surface area contributed by atoms with Crippen molar-refractivity contribution in [1.82, 2.24) is 4.90 Å². The molecule has 0 bridgehead atoms. The number of hydrogen-bond acceptors (Lipinski definition) is 3. The van der Waals surface area contributed by atoms with Crippen LogP contribution in [-0.2, 0) is 6.54 Å². The number of likely N-dealkylation sites (N-methyl/N-ethyl adjacent to an activating group) is 1. The average molecular weight is 193 g/mol. The van der Waals surface area contributed by atoms with Gasteiger partial charge in [0.05, 0.1) is 13.2 Å². The third-order valence-corrected chi connectivity index (χ3v) is 2.64. The van der Waals surface area contributed by atoms with Crippen LogP contribution < -0.4 is 4.74 Å². The maximum absolute atomic E-state index is 9.85. The molecule has 1 atom stereocenters. The van der Waals surface area contributed by atoms with Crippen LogP contribution in [0.15, 0.2) is 18.2 Å². The number of fused-ring (bicyclic) bond motifs is 1. The van der Waals surface area contributed by atoms with E-state index in [4.69, 9.17) is 4.74 Å².